The van der Waals surface area contributed by atoms with Crippen molar-refractivity contribution in [1.29, 1.82) is 0 Å². The molecular weight excluding hydrogens is 918 g/mol. The van der Waals surface area contributed by atoms with Gasteiger partial charge in [-0.15, -0.1) is 0 Å². The summed E-state index contributed by atoms with van der Waals surface area (Å²) in [5.74, 6) is -0.793. The van der Waals surface area contributed by atoms with E-state index in [0.29, 0.717) is 17.4 Å². The van der Waals surface area contributed by atoms with Gasteiger partial charge >= 0.3 is 19.8 Å². The van der Waals surface area contributed by atoms with Crippen LogP contribution in [-0.4, -0.2) is 74.9 Å². The molecule has 0 fully saturated rings. The van der Waals surface area contributed by atoms with Gasteiger partial charge in [0, 0.05) is 12.8 Å². The topological polar surface area (TPSA) is 108 Å². The molecule has 0 amide bonds. The molecule has 0 saturated carbocycles. The Morgan fingerprint density at radius 1 is 0.444 bits per heavy atom. The molecule has 0 bridgehead atoms. The molecule has 0 aromatic heterocycles. The fourth-order valence-electron chi connectivity index (χ4n) is 8.41. The quantitative estimate of drug-likeness (QED) is 0.0211. The van der Waals surface area contributed by atoms with Gasteiger partial charge in [-0.25, -0.2) is 4.57 Å². The first-order valence-corrected chi connectivity index (χ1v) is 31.5. The zero-order valence-corrected chi connectivity index (χ0v) is 48.6. The summed E-state index contributed by atoms with van der Waals surface area (Å²) in [6.07, 6.45) is 68.6. The Hall–Kier alpha value is -2.29. The second kappa shape index (κ2) is 53.5. The van der Waals surface area contributed by atoms with Crippen LogP contribution in [0.3, 0.4) is 0 Å². The van der Waals surface area contributed by atoms with E-state index in [1.807, 2.05) is 21.1 Å². The van der Waals surface area contributed by atoms with Crippen LogP contribution < -0.4 is 0 Å². The lowest BCUT2D eigenvalue weighted by Gasteiger charge is -2.24. The summed E-state index contributed by atoms with van der Waals surface area (Å²) in [5, 5.41) is 0. The van der Waals surface area contributed by atoms with E-state index in [-0.39, 0.29) is 32.0 Å². The molecule has 0 aliphatic carbocycles. The minimum absolute atomic E-state index is 0.0304. The van der Waals surface area contributed by atoms with Crippen LogP contribution in [0.4, 0.5) is 0 Å². The number of hydrogen-bond acceptors (Lipinski definition) is 7. The minimum Gasteiger partial charge on any atom is -0.462 e. The lowest BCUT2D eigenvalue weighted by atomic mass is 10.0. The number of allylic oxidation sites excluding steroid dienone is 10. The van der Waals surface area contributed by atoms with E-state index >= 15 is 0 Å². The molecule has 2 atom stereocenters. The number of quaternary nitrogens is 1. The largest absolute Gasteiger partial charge is 0.472 e. The van der Waals surface area contributed by atoms with E-state index < -0.39 is 26.5 Å². The highest BCUT2D eigenvalue weighted by molar-refractivity contribution is 7.47. The van der Waals surface area contributed by atoms with Gasteiger partial charge in [-0.3, -0.25) is 18.6 Å². The van der Waals surface area contributed by atoms with Crippen LogP contribution in [0.2, 0.25) is 0 Å². The van der Waals surface area contributed by atoms with Gasteiger partial charge < -0.3 is 18.9 Å². The first-order valence-electron chi connectivity index (χ1n) is 30.0. The standard InChI is InChI=1S/C62H114NO8P/c1-6-8-10-12-14-16-18-20-22-24-26-28-30-31-33-35-37-39-41-43-45-47-49-51-53-55-62(65)71-60(59-70-72(66,67)69-57-56-63(3,4)5)58-68-61(64)54-52-50-48-46-44-42-40-38-36-34-32-29-27-25-23-21-19-17-15-13-11-9-7-2/h8,10,14,16,20,22,25-28,60H,6-7,9,11-13,15,17-19,21,23-24,29-59H2,1-5H3/p+1/b10-8-,16-14-,22-20-,27-25-,28-26-. The van der Waals surface area contributed by atoms with Gasteiger partial charge in [0.05, 0.1) is 27.7 Å². The molecule has 0 aliphatic rings. The van der Waals surface area contributed by atoms with E-state index in [1.54, 1.807) is 0 Å². The highest BCUT2D eigenvalue weighted by atomic mass is 31.2. The number of hydrogen-bond donors (Lipinski definition) is 1. The Morgan fingerprint density at radius 3 is 1.19 bits per heavy atom. The van der Waals surface area contributed by atoms with E-state index in [0.717, 1.165) is 64.2 Å². The fourth-order valence-corrected chi connectivity index (χ4v) is 9.16. The minimum atomic E-state index is -4.39. The average Bonchev–Trinajstić information content (AvgIpc) is 3.34. The molecule has 0 rings (SSSR count). The lowest BCUT2D eigenvalue weighted by molar-refractivity contribution is -0.870. The van der Waals surface area contributed by atoms with E-state index in [2.05, 4.69) is 74.6 Å². The fraction of sp³-hybridized carbons (Fsp3) is 0.806. The maximum Gasteiger partial charge on any atom is 0.472 e. The van der Waals surface area contributed by atoms with Gasteiger partial charge in [0.25, 0.3) is 0 Å². The maximum absolute atomic E-state index is 12.8. The third-order valence-electron chi connectivity index (χ3n) is 13.0. The Kier molecular flexibility index (Phi) is 51.8. The molecule has 420 valence electrons. The molecule has 1 N–H and O–H groups in total. The number of esters is 2. The van der Waals surface area contributed by atoms with Crippen LogP contribution in [0, 0.1) is 0 Å². The van der Waals surface area contributed by atoms with Crippen LogP contribution in [-0.2, 0) is 32.7 Å². The maximum atomic E-state index is 12.8. The summed E-state index contributed by atoms with van der Waals surface area (Å²) in [4.78, 5) is 35.7. The average molecular weight is 1030 g/mol. The molecule has 0 spiro atoms. The third-order valence-corrected chi connectivity index (χ3v) is 14.0. The zero-order valence-electron chi connectivity index (χ0n) is 47.7. The van der Waals surface area contributed by atoms with Crippen molar-refractivity contribution < 1.29 is 42.1 Å². The third kappa shape index (κ3) is 57.0. The number of carbonyl (C=O) groups excluding carboxylic acids is 2. The normalized spacial score (nSPS) is 13.7. The number of unbranched alkanes of at least 4 members (excludes halogenated alkanes) is 31. The molecule has 0 saturated heterocycles. The van der Waals surface area contributed by atoms with E-state index in [1.165, 1.54) is 173 Å². The van der Waals surface area contributed by atoms with Gasteiger partial charge in [0.1, 0.15) is 19.8 Å². The molecule has 0 radical (unpaired) electrons. The molecule has 2 unspecified atom stereocenters. The van der Waals surface area contributed by atoms with Crippen molar-refractivity contribution in [3.05, 3.63) is 60.8 Å². The zero-order chi connectivity index (χ0) is 52.7. The molecule has 0 aliphatic heterocycles. The van der Waals surface area contributed by atoms with Crippen LogP contribution in [0.1, 0.15) is 271 Å². The first-order chi connectivity index (χ1) is 35.0. The Bertz CT molecular complexity index is 1400. The van der Waals surface area contributed by atoms with Crippen LogP contribution in [0.5, 0.6) is 0 Å². The number of ether oxygens (including phenoxy) is 2. The Morgan fingerprint density at radius 2 is 0.792 bits per heavy atom. The first kappa shape index (κ1) is 69.7. The van der Waals surface area contributed by atoms with Crippen molar-refractivity contribution in [2.24, 2.45) is 0 Å². The molecule has 0 heterocycles. The van der Waals surface area contributed by atoms with Crippen molar-refractivity contribution in [2.75, 3.05) is 47.5 Å². The molecular formula is C62H115NO8P+. The summed E-state index contributed by atoms with van der Waals surface area (Å²) >= 11 is 0. The number of rotatable bonds is 55. The summed E-state index contributed by atoms with van der Waals surface area (Å²) in [6.45, 7) is 4.35. The van der Waals surface area contributed by atoms with Gasteiger partial charge in [-0.05, 0) is 77.0 Å². The van der Waals surface area contributed by atoms with Crippen molar-refractivity contribution in [2.45, 2.75) is 277 Å². The number of nitrogens with zero attached hydrogens (tertiary/aromatic N) is 1. The van der Waals surface area contributed by atoms with Crippen molar-refractivity contribution in [3.63, 3.8) is 0 Å². The molecule has 10 heteroatoms. The number of phosphoric ester groups is 1. The Labute approximate surface area is 445 Å². The van der Waals surface area contributed by atoms with Gasteiger partial charge in [0.15, 0.2) is 6.10 Å². The molecule has 72 heavy (non-hydrogen) atoms. The predicted octanol–water partition coefficient (Wildman–Crippen LogP) is 18.7. The van der Waals surface area contributed by atoms with E-state index in [4.69, 9.17) is 18.5 Å². The summed E-state index contributed by atoms with van der Waals surface area (Å²) < 4.78 is 34.6. The van der Waals surface area contributed by atoms with Crippen LogP contribution in [0.25, 0.3) is 0 Å². The summed E-state index contributed by atoms with van der Waals surface area (Å²) in [6, 6.07) is 0. The highest BCUT2D eigenvalue weighted by Crippen LogP contribution is 2.43. The molecule has 0 aromatic rings. The van der Waals surface area contributed by atoms with E-state index in [9.17, 15) is 19.0 Å². The van der Waals surface area contributed by atoms with Gasteiger partial charge in [0.2, 0.25) is 0 Å². The smallest absolute Gasteiger partial charge is 0.462 e. The van der Waals surface area contributed by atoms with Crippen molar-refractivity contribution >= 4 is 19.8 Å². The second-order valence-corrected chi connectivity index (χ2v) is 22.8. The molecule has 0 aromatic carbocycles. The van der Waals surface area contributed by atoms with Crippen molar-refractivity contribution in [3.8, 4) is 0 Å². The highest BCUT2D eigenvalue weighted by Gasteiger charge is 2.27. The van der Waals surface area contributed by atoms with Crippen molar-refractivity contribution in [1.82, 2.24) is 0 Å². The second-order valence-electron chi connectivity index (χ2n) is 21.4. The van der Waals surface area contributed by atoms with Crippen LogP contribution >= 0.6 is 7.82 Å². The number of phosphoric acid groups is 1. The van der Waals surface area contributed by atoms with Crippen LogP contribution in [0.15, 0.2) is 60.8 Å². The molecule has 9 nitrogen and oxygen atoms in total. The number of carbonyl (C=O) groups is 2. The lowest BCUT2D eigenvalue weighted by Crippen LogP contribution is -2.37. The summed E-state index contributed by atoms with van der Waals surface area (Å²) in [5.41, 5.74) is 0. The Balaban J connectivity index is 4.14. The van der Waals surface area contributed by atoms with Gasteiger partial charge in [-0.2, -0.15) is 0 Å². The SMILES string of the molecule is CC/C=C\C/C=C\C/C=C\C/C=C\CCCCCCCCCCCCCCC(=O)OC(COC(=O)CCCCCCCCCCCCC/C=C\CCCCCCCCCC)COP(=O)(O)OCC[N+](C)(C)C. The number of likely N-dealkylation sites (N-methyl/N-ethyl adjacent to an activating group) is 1. The predicted molar refractivity (Wildman–Crippen MR) is 307 cm³/mol. The van der Waals surface area contributed by atoms with Gasteiger partial charge in [-0.1, -0.05) is 242 Å². The summed E-state index contributed by atoms with van der Waals surface area (Å²) in [7, 11) is 1.48. The monoisotopic (exact) mass is 1030 g/mol.